The van der Waals surface area contributed by atoms with E-state index in [2.05, 4.69) is 10.6 Å². The fourth-order valence-electron chi connectivity index (χ4n) is 3.45. The fourth-order valence-corrected chi connectivity index (χ4v) is 3.45. The summed E-state index contributed by atoms with van der Waals surface area (Å²) in [6.45, 7) is 1.67. The van der Waals surface area contributed by atoms with Crippen LogP contribution < -0.4 is 10.6 Å². The summed E-state index contributed by atoms with van der Waals surface area (Å²) in [5.41, 5.74) is 1.06. The van der Waals surface area contributed by atoms with Gasteiger partial charge >= 0.3 is 6.18 Å². The molecule has 9 heteroatoms. The third kappa shape index (κ3) is 5.54. The smallest absolute Gasteiger partial charge is 0.354 e. The third-order valence-electron chi connectivity index (χ3n) is 5.05. The quantitative estimate of drug-likeness (QED) is 0.668. The van der Waals surface area contributed by atoms with Gasteiger partial charge in [0.25, 0.3) is 5.91 Å². The molecule has 2 aromatic carbocycles. The molecular weight excluding hydrogens is 423 g/mol. The van der Waals surface area contributed by atoms with Crippen LogP contribution in [0.3, 0.4) is 0 Å². The van der Waals surface area contributed by atoms with E-state index in [0.717, 1.165) is 35.4 Å². The number of amides is 3. The van der Waals surface area contributed by atoms with Gasteiger partial charge in [-0.25, -0.2) is 0 Å². The van der Waals surface area contributed by atoms with Gasteiger partial charge in [-0.2, -0.15) is 13.2 Å². The van der Waals surface area contributed by atoms with Gasteiger partial charge in [0, 0.05) is 31.8 Å². The molecule has 0 radical (unpaired) electrons. The summed E-state index contributed by atoms with van der Waals surface area (Å²) in [4.78, 5) is 38.0. The van der Waals surface area contributed by atoms with Gasteiger partial charge in [0.1, 0.15) is 0 Å². The number of halogens is 3. The summed E-state index contributed by atoms with van der Waals surface area (Å²) in [5, 5.41) is 5.24. The highest BCUT2D eigenvalue weighted by Gasteiger charge is 2.30. The molecule has 32 heavy (non-hydrogen) atoms. The van der Waals surface area contributed by atoms with E-state index in [9.17, 15) is 27.6 Å². The van der Waals surface area contributed by atoms with E-state index in [1.54, 1.807) is 6.20 Å². The van der Waals surface area contributed by atoms with Gasteiger partial charge in [0.15, 0.2) is 0 Å². The Balaban J connectivity index is 1.50. The van der Waals surface area contributed by atoms with Gasteiger partial charge < -0.3 is 15.5 Å². The maximum atomic E-state index is 12.6. The Morgan fingerprint density at radius 3 is 2.28 bits per heavy atom. The van der Waals surface area contributed by atoms with Gasteiger partial charge in [0.2, 0.25) is 11.8 Å². The fraction of sp³-hybridized carbons (Fsp3) is 0.261. The molecule has 1 aliphatic rings. The van der Waals surface area contributed by atoms with Crippen molar-refractivity contribution in [3.05, 3.63) is 77.0 Å². The van der Waals surface area contributed by atoms with E-state index >= 15 is 0 Å². The molecule has 0 aliphatic carbocycles. The maximum absolute atomic E-state index is 12.6. The van der Waals surface area contributed by atoms with Crippen LogP contribution in [0, 0.1) is 0 Å². The van der Waals surface area contributed by atoms with E-state index in [4.69, 9.17) is 0 Å². The Hall–Kier alpha value is -3.62. The molecular formula is C23H22F3N3O3. The van der Waals surface area contributed by atoms with Gasteiger partial charge in [-0.05, 0) is 41.5 Å². The van der Waals surface area contributed by atoms with Crippen molar-refractivity contribution < 1.29 is 27.6 Å². The lowest BCUT2D eigenvalue weighted by atomic mass is 9.93. The summed E-state index contributed by atoms with van der Waals surface area (Å²) < 4.78 is 37.8. The van der Waals surface area contributed by atoms with E-state index < -0.39 is 23.7 Å². The van der Waals surface area contributed by atoms with Crippen LogP contribution in [0.15, 0.2) is 54.7 Å². The monoisotopic (exact) mass is 445 g/mol. The summed E-state index contributed by atoms with van der Waals surface area (Å²) in [5.74, 6) is -1.02. The molecule has 6 nitrogen and oxygen atoms in total. The lowest BCUT2D eigenvalue weighted by molar-refractivity contribution is -0.137. The number of benzene rings is 2. The number of hydrogen-bond acceptors (Lipinski definition) is 3. The van der Waals surface area contributed by atoms with Gasteiger partial charge in [-0.15, -0.1) is 0 Å². The van der Waals surface area contributed by atoms with Crippen LogP contribution in [0.4, 0.5) is 13.2 Å². The summed E-state index contributed by atoms with van der Waals surface area (Å²) in [6.07, 6.45) is -0.936. The Kier molecular flexibility index (Phi) is 6.97. The second-order valence-electron chi connectivity index (χ2n) is 7.27. The molecule has 0 saturated heterocycles. The molecule has 0 spiro atoms. The van der Waals surface area contributed by atoms with Crippen molar-refractivity contribution in [2.24, 2.45) is 0 Å². The van der Waals surface area contributed by atoms with E-state index in [0.29, 0.717) is 0 Å². The first kappa shape index (κ1) is 23.1. The Morgan fingerprint density at radius 1 is 0.969 bits per heavy atom. The van der Waals surface area contributed by atoms with Crippen LogP contribution in [0.5, 0.6) is 0 Å². The van der Waals surface area contributed by atoms with Gasteiger partial charge in [-0.3, -0.25) is 14.4 Å². The number of carbonyl (C=O) groups excluding carboxylic acids is 3. The number of nitrogens with one attached hydrogen (secondary N) is 2. The molecule has 168 valence electrons. The minimum atomic E-state index is -4.47. The SMILES string of the molecule is CC(=O)N1C=Cc2ccccc2[C@@H]1CC(=O)NCCNC(=O)c1ccc(C(F)(F)F)cc1. The molecule has 3 amide bonds. The molecule has 0 unspecified atom stereocenters. The molecule has 1 aliphatic heterocycles. The van der Waals surface area contributed by atoms with Crippen molar-refractivity contribution >= 4 is 23.8 Å². The van der Waals surface area contributed by atoms with Crippen LogP contribution in [-0.2, 0) is 15.8 Å². The Morgan fingerprint density at radius 2 is 1.62 bits per heavy atom. The minimum absolute atomic E-state index is 0.0494. The molecule has 0 saturated carbocycles. The molecule has 0 bridgehead atoms. The van der Waals surface area contributed by atoms with Crippen LogP contribution in [0.25, 0.3) is 6.08 Å². The average molecular weight is 445 g/mol. The lowest BCUT2D eigenvalue weighted by Crippen LogP contribution is -2.38. The Bertz CT molecular complexity index is 1030. The maximum Gasteiger partial charge on any atom is 0.416 e. The van der Waals surface area contributed by atoms with E-state index in [1.165, 1.54) is 11.8 Å². The number of alkyl halides is 3. The van der Waals surface area contributed by atoms with Crippen LogP contribution >= 0.6 is 0 Å². The first-order valence-corrected chi connectivity index (χ1v) is 9.95. The highest BCUT2D eigenvalue weighted by Crippen LogP contribution is 2.32. The van der Waals surface area contributed by atoms with Crippen molar-refractivity contribution in [3.8, 4) is 0 Å². The number of hydrogen-bond donors (Lipinski definition) is 2. The van der Waals surface area contributed by atoms with Gasteiger partial charge in [0.05, 0.1) is 18.0 Å². The van der Waals surface area contributed by atoms with Crippen LogP contribution in [0.1, 0.15) is 46.4 Å². The zero-order chi connectivity index (χ0) is 23.3. The average Bonchev–Trinajstić information content (AvgIpc) is 2.76. The lowest BCUT2D eigenvalue weighted by Gasteiger charge is -2.32. The molecule has 1 heterocycles. The summed E-state index contributed by atoms with van der Waals surface area (Å²) >= 11 is 0. The van der Waals surface area contributed by atoms with E-state index in [1.807, 2.05) is 30.3 Å². The largest absolute Gasteiger partial charge is 0.416 e. The summed E-state index contributed by atoms with van der Waals surface area (Å²) in [6, 6.07) is 10.9. The first-order valence-electron chi connectivity index (χ1n) is 9.95. The zero-order valence-corrected chi connectivity index (χ0v) is 17.3. The van der Waals surface area contributed by atoms with Crippen molar-refractivity contribution in [3.63, 3.8) is 0 Å². The third-order valence-corrected chi connectivity index (χ3v) is 5.05. The number of fused-ring (bicyclic) bond motifs is 1. The number of nitrogens with zero attached hydrogens (tertiary/aromatic N) is 1. The predicted octanol–water partition coefficient (Wildman–Crippen LogP) is 3.52. The predicted molar refractivity (Wildman–Crippen MR) is 112 cm³/mol. The number of carbonyl (C=O) groups is 3. The molecule has 3 rings (SSSR count). The van der Waals surface area contributed by atoms with Crippen molar-refractivity contribution in [1.29, 1.82) is 0 Å². The Labute approximate surface area is 183 Å². The van der Waals surface area contributed by atoms with Crippen molar-refractivity contribution in [2.75, 3.05) is 13.1 Å². The van der Waals surface area contributed by atoms with Crippen LogP contribution in [0.2, 0.25) is 0 Å². The second kappa shape index (κ2) is 9.67. The molecule has 0 fully saturated rings. The number of rotatable bonds is 6. The molecule has 2 aromatic rings. The van der Waals surface area contributed by atoms with E-state index in [-0.39, 0.29) is 36.9 Å². The van der Waals surface area contributed by atoms with Crippen molar-refractivity contribution in [2.45, 2.75) is 25.6 Å². The highest BCUT2D eigenvalue weighted by atomic mass is 19.4. The molecule has 1 atom stereocenters. The zero-order valence-electron chi connectivity index (χ0n) is 17.3. The highest BCUT2D eigenvalue weighted by molar-refractivity contribution is 5.94. The minimum Gasteiger partial charge on any atom is -0.354 e. The molecule has 0 aromatic heterocycles. The summed E-state index contributed by atoms with van der Waals surface area (Å²) in [7, 11) is 0. The molecule has 2 N–H and O–H groups in total. The van der Waals surface area contributed by atoms with Crippen molar-refractivity contribution in [1.82, 2.24) is 15.5 Å². The topological polar surface area (TPSA) is 78.5 Å². The normalized spacial score (nSPS) is 15.1. The second-order valence-corrected chi connectivity index (χ2v) is 7.27. The van der Waals surface area contributed by atoms with Gasteiger partial charge in [-0.1, -0.05) is 24.3 Å². The first-order chi connectivity index (χ1) is 15.2. The standard InChI is InChI=1S/C23H22F3N3O3/c1-15(30)29-13-10-16-4-2-3-5-19(16)20(29)14-21(31)27-11-12-28-22(32)17-6-8-18(9-7-17)23(24,25)26/h2-10,13,20H,11-12,14H2,1H3,(H,27,31)(H,28,32)/t20-/m0/s1. The van der Waals surface area contributed by atoms with Crippen LogP contribution in [-0.4, -0.2) is 35.7 Å².